The van der Waals surface area contributed by atoms with Crippen LogP contribution >= 0.6 is 0 Å². The Hall–Kier alpha value is -0.860. The molecule has 1 saturated carbocycles. The van der Waals surface area contributed by atoms with Crippen molar-refractivity contribution in [3.8, 4) is 0 Å². The lowest BCUT2D eigenvalue weighted by atomic mass is 9.63. The molecule has 1 aromatic carbocycles. The highest BCUT2D eigenvalue weighted by Gasteiger charge is 2.44. The molecular formula is C18H30N2. The third kappa shape index (κ3) is 3.42. The summed E-state index contributed by atoms with van der Waals surface area (Å²) in [6.45, 7) is 8.90. The van der Waals surface area contributed by atoms with Crippen LogP contribution in [0.2, 0.25) is 0 Å². The van der Waals surface area contributed by atoms with Gasteiger partial charge in [0, 0.05) is 18.6 Å². The van der Waals surface area contributed by atoms with Gasteiger partial charge in [-0.3, -0.25) is 4.90 Å². The van der Waals surface area contributed by atoms with Crippen LogP contribution in [-0.4, -0.2) is 24.0 Å². The number of nitrogens with two attached hydrogens (primary N) is 1. The Balaban J connectivity index is 2.17. The monoisotopic (exact) mass is 274 g/mol. The van der Waals surface area contributed by atoms with Gasteiger partial charge in [-0.25, -0.2) is 0 Å². The van der Waals surface area contributed by atoms with Gasteiger partial charge < -0.3 is 5.73 Å². The van der Waals surface area contributed by atoms with E-state index in [4.69, 9.17) is 5.73 Å². The summed E-state index contributed by atoms with van der Waals surface area (Å²) >= 11 is 0. The molecule has 2 atom stereocenters. The summed E-state index contributed by atoms with van der Waals surface area (Å²) in [5, 5.41) is 0. The fourth-order valence-corrected chi connectivity index (χ4v) is 4.33. The van der Waals surface area contributed by atoms with Gasteiger partial charge in [0.1, 0.15) is 0 Å². The van der Waals surface area contributed by atoms with Gasteiger partial charge >= 0.3 is 0 Å². The fraction of sp³-hybridized carbons (Fsp3) is 0.667. The molecule has 1 fully saturated rings. The van der Waals surface area contributed by atoms with Crippen LogP contribution in [0.1, 0.15) is 45.6 Å². The molecule has 1 aromatic rings. The van der Waals surface area contributed by atoms with Crippen molar-refractivity contribution in [2.75, 3.05) is 13.6 Å². The zero-order valence-corrected chi connectivity index (χ0v) is 13.5. The molecule has 0 bridgehead atoms. The standard InChI is InChI=1S/C18H30N2/c1-15-10-17(2,3)13-18(11-15,14-19)20(4)12-16-8-6-5-7-9-16/h5-9,15H,10-14,19H2,1-4H3. The van der Waals surface area contributed by atoms with Crippen molar-refractivity contribution in [3.63, 3.8) is 0 Å². The van der Waals surface area contributed by atoms with E-state index in [2.05, 4.69) is 63.1 Å². The molecule has 0 spiro atoms. The lowest BCUT2D eigenvalue weighted by Crippen LogP contribution is -2.57. The van der Waals surface area contributed by atoms with Crippen molar-refractivity contribution >= 4 is 0 Å². The van der Waals surface area contributed by atoms with Gasteiger partial charge in [-0.1, -0.05) is 51.1 Å². The highest BCUT2D eigenvalue weighted by Crippen LogP contribution is 2.46. The van der Waals surface area contributed by atoms with Crippen molar-refractivity contribution in [3.05, 3.63) is 35.9 Å². The van der Waals surface area contributed by atoms with Crippen LogP contribution in [-0.2, 0) is 6.54 Å². The maximum absolute atomic E-state index is 6.23. The zero-order valence-electron chi connectivity index (χ0n) is 13.5. The molecule has 2 heteroatoms. The van der Waals surface area contributed by atoms with Gasteiger partial charge in [0.05, 0.1) is 0 Å². The summed E-state index contributed by atoms with van der Waals surface area (Å²) in [4.78, 5) is 2.50. The molecule has 0 aromatic heterocycles. The van der Waals surface area contributed by atoms with E-state index in [0.29, 0.717) is 5.41 Å². The Morgan fingerprint density at radius 3 is 2.40 bits per heavy atom. The van der Waals surface area contributed by atoms with E-state index in [9.17, 15) is 0 Å². The highest BCUT2D eigenvalue weighted by molar-refractivity contribution is 5.15. The van der Waals surface area contributed by atoms with Crippen molar-refractivity contribution in [1.29, 1.82) is 0 Å². The smallest absolute Gasteiger partial charge is 0.0339 e. The number of benzene rings is 1. The van der Waals surface area contributed by atoms with E-state index >= 15 is 0 Å². The van der Waals surface area contributed by atoms with E-state index in [-0.39, 0.29) is 5.54 Å². The average molecular weight is 274 g/mol. The topological polar surface area (TPSA) is 29.3 Å². The van der Waals surface area contributed by atoms with Gasteiger partial charge in [-0.2, -0.15) is 0 Å². The Morgan fingerprint density at radius 2 is 1.85 bits per heavy atom. The van der Waals surface area contributed by atoms with Gasteiger partial charge in [-0.15, -0.1) is 0 Å². The minimum Gasteiger partial charge on any atom is -0.329 e. The van der Waals surface area contributed by atoms with Crippen LogP contribution in [0.15, 0.2) is 30.3 Å². The maximum atomic E-state index is 6.23. The minimum absolute atomic E-state index is 0.150. The van der Waals surface area contributed by atoms with Crippen molar-refractivity contribution in [2.45, 2.75) is 52.1 Å². The Kier molecular flexibility index (Phi) is 4.55. The summed E-state index contributed by atoms with van der Waals surface area (Å²) in [6.07, 6.45) is 3.73. The fourth-order valence-electron chi connectivity index (χ4n) is 4.33. The van der Waals surface area contributed by atoms with Gasteiger partial charge in [0.25, 0.3) is 0 Å². The molecular weight excluding hydrogens is 244 g/mol. The summed E-state index contributed by atoms with van der Waals surface area (Å²) < 4.78 is 0. The van der Waals surface area contributed by atoms with Crippen LogP contribution < -0.4 is 5.73 Å². The van der Waals surface area contributed by atoms with Crippen LogP contribution in [0.5, 0.6) is 0 Å². The maximum Gasteiger partial charge on any atom is 0.0339 e. The average Bonchev–Trinajstić information content (AvgIpc) is 2.37. The first-order valence-corrected chi connectivity index (χ1v) is 7.82. The zero-order chi connectivity index (χ0) is 14.8. The Morgan fingerprint density at radius 1 is 1.20 bits per heavy atom. The third-order valence-corrected chi connectivity index (χ3v) is 4.89. The van der Waals surface area contributed by atoms with Crippen LogP contribution in [0.25, 0.3) is 0 Å². The molecule has 0 heterocycles. The Bertz CT molecular complexity index is 426. The van der Waals surface area contributed by atoms with E-state index < -0.39 is 0 Å². The summed E-state index contributed by atoms with van der Waals surface area (Å²) in [6, 6.07) is 10.7. The number of hydrogen-bond acceptors (Lipinski definition) is 2. The molecule has 2 N–H and O–H groups in total. The highest BCUT2D eigenvalue weighted by atomic mass is 15.2. The first-order valence-electron chi connectivity index (χ1n) is 7.82. The molecule has 2 nitrogen and oxygen atoms in total. The first kappa shape index (κ1) is 15.5. The van der Waals surface area contributed by atoms with Crippen molar-refractivity contribution in [2.24, 2.45) is 17.1 Å². The van der Waals surface area contributed by atoms with Crippen LogP contribution in [0.3, 0.4) is 0 Å². The summed E-state index contributed by atoms with van der Waals surface area (Å²) in [5.41, 5.74) is 8.15. The Labute approximate surface area is 124 Å². The molecule has 0 radical (unpaired) electrons. The lowest BCUT2D eigenvalue weighted by Gasteiger charge is -2.52. The SMILES string of the molecule is CC1CC(C)(C)CC(CN)(N(C)Cc2ccccc2)C1. The lowest BCUT2D eigenvalue weighted by molar-refractivity contribution is -0.00113. The normalized spacial score (nSPS) is 29.6. The molecule has 0 amide bonds. The van der Waals surface area contributed by atoms with E-state index in [0.717, 1.165) is 19.0 Å². The van der Waals surface area contributed by atoms with E-state index in [1.54, 1.807) is 0 Å². The molecule has 0 saturated heterocycles. The second kappa shape index (κ2) is 5.87. The first-order chi connectivity index (χ1) is 9.37. The second-order valence-electron chi connectivity index (χ2n) is 7.62. The van der Waals surface area contributed by atoms with Gasteiger partial charge in [0.15, 0.2) is 0 Å². The van der Waals surface area contributed by atoms with Gasteiger partial charge in [0.2, 0.25) is 0 Å². The number of likely N-dealkylation sites (N-methyl/N-ethyl adjacent to an activating group) is 1. The number of rotatable bonds is 4. The van der Waals surface area contributed by atoms with Gasteiger partial charge in [-0.05, 0) is 43.2 Å². The number of nitrogens with zero attached hydrogens (tertiary/aromatic N) is 1. The van der Waals surface area contributed by atoms with Crippen molar-refractivity contribution < 1.29 is 0 Å². The molecule has 1 aliphatic carbocycles. The second-order valence-corrected chi connectivity index (χ2v) is 7.62. The molecule has 0 aliphatic heterocycles. The molecule has 2 rings (SSSR count). The molecule has 20 heavy (non-hydrogen) atoms. The summed E-state index contributed by atoms with van der Waals surface area (Å²) in [5.74, 6) is 0.750. The quantitative estimate of drug-likeness (QED) is 0.908. The predicted molar refractivity (Wildman–Crippen MR) is 86.5 cm³/mol. The van der Waals surface area contributed by atoms with Crippen molar-refractivity contribution in [1.82, 2.24) is 4.90 Å². The number of hydrogen-bond donors (Lipinski definition) is 1. The third-order valence-electron chi connectivity index (χ3n) is 4.89. The molecule has 1 aliphatic rings. The van der Waals surface area contributed by atoms with Crippen LogP contribution in [0.4, 0.5) is 0 Å². The van der Waals surface area contributed by atoms with Crippen LogP contribution in [0, 0.1) is 11.3 Å². The largest absolute Gasteiger partial charge is 0.329 e. The molecule has 112 valence electrons. The van der Waals surface area contributed by atoms with E-state index in [1.165, 1.54) is 24.8 Å². The minimum atomic E-state index is 0.150. The molecule has 2 unspecified atom stereocenters. The summed E-state index contributed by atoms with van der Waals surface area (Å²) in [7, 11) is 2.24. The van der Waals surface area contributed by atoms with E-state index in [1.807, 2.05) is 0 Å². The predicted octanol–water partition coefficient (Wildman–Crippen LogP) is 3.66.